The molecule has 8 heteroatoms. The Hall–Kier alpha value is -2.80. The molecule has 2 amide bonds. The topological polar surface area (TPSA) is 99.5 Å². The molecule has 3 N–H and O–H groups in total. The van der Waals surface area contributed by atoms with E-state index in [2.05, 4.69) is 4.98 Å². The molecule has 7 nitrogen and oxygen atoms in total. The fraction of sp³-hybridized carbons (Fsp3) is 0.381. The molecule has 1 aliphatic heterocycles. The summed E-state index contributed by atoms with van der Waals surface area (Å²) in [6, 6.07) is 6.64. The molecule has 0 radical (unpaired) electrons. The Bertz CT molecular complexity index is 1010. The molecular formula is C21H25ClN4O3. The molecule has 0 unspecified atom stereocenters. The number of aromatic amines is 1. The van der Waals surface area contributed by atoms with Crippen molar-refractivity contribution in [3.63, 3.8) is 0 Å². The van der Waals surface area contributed by atoms with Gasteiger partial charge in [-0.15, -0.1) is 0 Å². The number of carbonyl (C=O) groups excluding carboxylic acids is 2. The third kappa shape index (κ3) is 4.15. The average Bonchev–Trinajstić information content (AvgIpc) is 2.71. The molecule has 1 aromatic carbocycles. The van der Waals surface area contributed by atoms with Crippen LogP contribution < -0.4 is 11.3 Å². The molecule has 0 aliphatic carbocycles. The average molecular weight is 417 g/mol. The number of hydrogen-bond donors (Lipinski definition) is 2. The second kappa shape index (κ2) is 8.29. The van der Waals surface area contributed by atoms with Gasteiger partial charge in [0.1, 0.15) is 5.56 Å². The Morgan fingerprint density at radius 3 is 2.03 bits per heavy atom. The summed E-state index contributed by atoms with van der Waals surface area (Å²) in [4.78, 5) is 43.9. The monoisotopic (exact) mass is 416 g/mol. The van der Waals surface area contributed by atoms with Crippen LogP contribution in [-0.2, 0) is 0 Å². The first kappa shape index (κ1) is 20.9. The number of nitrogens with one attached hydrogen (secondary N) is 1. The number of nitrogens with zero attached hydrogens (tertiary/aromatic N) is 2. The number of amides is 2. The molecule has 1 aromatic heterocycles. The number of nitrogen functional groups attached to an aromatic ring is 1. The zero-order valence-electron chi connectivity index (χ0n) is 16.8. The summed E-state index contributed by atoms with van der Waals surface area (Å²) in [7, 11) is 0. The fourth-order valence-corrected chi connectivity index (χ4v) is 3.57. The summed E-state index contributed by atoms with van der Waals surface area (Å²) in [6.45, 7) is 7.14. The second-order valence-corrected chi connectivity index (χ2v) is 7.91. The van der Waals surface area contributed by atoms with E-state index in [4.69, 9.17) is 17.3 Å². The van der Waals surface area contributed by atoms with Crippen LogP contribution in [0.1, 0.15) is 51.7 Å². The highest BCUT2D eigenvalue weighted by Crippen LogP contribution is 2.27. The first-order valence-corrected chi connectivity index (χ1v) is 9.94. The first-order chi connectivity index (χ1) is 13.7. The highest BCUT2D eigenvalue weighted by atomic mass is 35.5. The number of pyridine rings is 1. The lowest BCUT2D eigenvalue weighted by molar-refractivity contribution is 0.0534. The normalized spacial score (nSPS) is 14.4. The SMILES string of the molecule is Cc1c(N)ccc(C(=O)N2CCN(C(=O)c3ccc(C(C)C)[nH]c3=O)CC2)c1Cl. The van der Waals surface area contributed by atoms with Crippen LogP contribution in [0, 0.1) is 6.92 Å². The Morgan fingerprint density at radius 1 is 1.00 bits per heavy atom. The van der Waals surface area contributed by atoms with Crippen LogP contribution in [0.15, 0.2) is 29.1 Å². The number of halogens is 1. The maximum absolute atomic E-state index is 12.8. The second-order valence-electron chi connectivity index (χ2n) is 7.54. The predicted molar refractivity (Wildman–Crippen MR) is 114 cm³/mol. The fourth-order valence-electron chi connectivity index (χ4n) is 3.31. The van der Waals surface area contributed by atoms with Gasteiger partial charge in [-0.25, -0.2) is 0 Å². The molecule has 154 valence electrons. The van der Waals surface area contributed by atoms with Crippen molar-refractivity contribution in [2.45, 2.75) is 26.7 Å². The number of carbonyl (C=O) groups is 2. The van der Waals surface area contributed by atoms with Gasteiger partial charge in [0.15, 0.2) is 0 Å². The van der Waals surface area contributed by atoms with Crippen molar-refractivity contribution in [3.05, 3.63) is 62.0 Å². The van der Waals surface area contributed by atoms with Crippen LogP contribution in [0.2, 0.25) is 5.02 Å². The van der Waals surface area contributed by atoms with Crippen molar-refractivity contribution in [2.24, 2.45) is 0 Å². The Morgan fingerprint density at radius 2 is 1.52 bits per heavy atom. The van der Waals surface area contributed by atoms with E-state index < -0.39 is 0 Å². The van der Waals surface area contributed by atoms with E-state index in [9.17, 15) is 14.4 Å². The highest BCUT2D eigenvalue weighted by molar-refractivity contribution is 6.35. The van der Waals surface area contributed by atoms with Crippen LogP contribution in [-0.4, -0.2) is 52.8 Å². The molecule has 1 aliphatic rings. The van der Waals surface area contributed by atoms with E-state index in [1.165, 1.54) is 0 Å². The number of benzene rings is 1. The maximum atomic E-state index is 12.8. The molecule has 2 aromatic rings. The number of aromatic nitrogens is 1. The third-order valence-corrected chi connectivity index (χ3v) is 5.78. The summed E-state index contributed by atoms with van der Waals surface area (Å²) in [5.41, 5.74) is 7.97. The largest absolute Gasteiger partial charge is 0.398 e. The summed E-state index contributed by atoms with van der Waals surface area (Å²) in [6.07, 6.45) is 0. The van der Waals surface area contributed by atoms with E-state index in [1.54, 1.807) is 41.0 Å². The van der Waals surface area contributed by atoms with Gasteiger partial charge in [0.05, 0.1) is 10.6 Å². The molecule has 0 saturated carbocycles. The molecular weight excluding hydrogens is 392 g/mol. The van der Waals surface area contributed by atoms with E-state index in [0.717, 1.165) is 5.69 Å². The van der Waals surface area contributed by atoms with Gasteiger partial charge in [-0.2, -0.15) is 0 Å². The van der Waals surface area contributed by atoms with Crippen LogP contribution >= 0.6 is 11.6 Å². The van der Waals surface area contributed by atoms with Gasteiger partial charge in [0.25, 0.3) is 17.4 Å². The number of piperazine rings is 1. The summed E-state index contributed by atoms with van der Waals surface area (Å²) < 4.78 is 0. The van der Waals surface area contributed by atoms with Gasteiger partial charge in [-0.05, 0) is 42.7 Å². The van der Waals surface area contributed by atoms with Gasteiger partial charge < -0.3 is 20.5 Å². The molecule has 0 atom stereocenters. The number of rotatable bonds is 3. The molecule has 2 heterocycles. The van der Waals surface area contributed by atoms with Gasteiger partial charge in [-0.1, -0.05) is 25.4 Å². The number of H-pyrrole nitrogens is 1. The van der Waals surface area contributed by atoms with Gasteiger partial charge in [0, 0.05) is 37.6 Å². The van der Waals surface area contributed by atoms with Crippen molar-refractivity contribution >= 4 is 29.1 Å². The summed E-state index contributed by atoms with van der Waals surface area (Å²) in [5, 5.41) is 0.352. The molecule has 0 spiro atoms. The maximum Gasteiger partial charge on any atom is 0.261 e. The minimum atomic E-state index is -0.385. The van der Waals surface area contributed by atoms with E-state index >= 15 is 0 Å². The van der Waals surface area contributed by atoms with Crippen molar-refractivity contribution in [1.29, 1.82) is 0 Å². The summed E-state index contributed by atoms with van der Waals surface area (Å²) in [5.74, 6) is -0.343. The lowest BCUT2D eigenvalue weighted by Gasteiger charge is -2.35. The van der Waals surface area contributed by atoms with Gasteiger partial charge >= 0.3 is 0 Å². The summed E-state index contributed by atoms with van der Waals surface area (Å²) >= 11 is 6.29. The van der Waals surface area contributed by atoms with Crippen LogP contribution in [0.5, 0.6) is 0 Å². The van der Waals surface area contributed by atoms with E-state index in [0.29, 0.717) is 48.0 Å². The third-order valence-electron chi connectivity index (χ3n) is 5.30. The lowest BCUT2D eigenvalue weighted by Crippen LogP contribution is -2.51. The van der Waals surface area contributed by atoms with Crippen LogP contribution in [0.3, 0.4) is 0 Å². The smallest absolute Gasteiger partial charge is 0.261 e. The minimum Gasteiger partial charge on any atom is -0.398 e. The van der Waals surface area contributed by atoms with Crippen LogP contribution in [0.4, 0.5) is 5.69 Å². The molecule has 3 rings (SSSR count). The Labute approximate surface area is 174 Å². The highest BCUT2D eigenvalue weighted by Gasteiger charge is 2.28. The van der Waals surface area contributed by atoms with Crippen molar-refractivity contribution in [3.8, 4) is 0 Å². The number of anilines is 1. The lowest BCUT2D eigenvalue weighted by atomic mass is 10.1. The van der Waals surface area contributed by atoms with Crippen molar-refractivity contribution < 1.29 is 9.59 Å². The minimum absolute atomic E-state index is 0.117. The molecule has 0 bridgehead atoms. The van der Waals surface area contributed by atoms with E-state index in [-0.39, 0.29) is 28.9 Å². The van der Waals surface area contributed by atoms with Crippen molar-refractivity contribution in [2.75, 3.05) is 31.9 Å². The number of hydrogen-bond acceptors (Lipinski definition) is 4. The van der Waals surface area contributed by atoms with Crippen LogP contribution in [0.25, 0.3) is 0 Å². The van der Waals surface area contributed by atoms with Gasteiger partial charge in [-0.3, -0.25) is 14.4 Å². The molecule has 1 saturated heterocycles. The van der Waals surface area contributed by atoms with Gasteiger partial charge in [0.2, 0.25) is 0 Å². The standard InChI is InChI=1S/C21H25ClN4O3/c1-12(2)17-7-5-15(19(27)24-17)21(29)26-10-8-25(9-11-26)20(28)14-4-6-16(23)13(3)18(14)22/h4-7,12H,8-11,23H2,1-3H3,(H,24,27). The Kier molecular flexibility index (Phi) is 5.98. The number of nitrogens with two attached hydrogens (primary N) is 1. The zero-order valence-corrected chi connectivity index (χ0v) is 17.5. The van der Waals surface area contributed by atoms with Crippen molar-refractivity contribution in [1.82, 2.24) is 14.8 Å². The van der Waals surface area contributed by atoms with E-state index in [1.807, 2.05) is 13.8 Å². The Balaban J connectivity index is 1.69. The first-order valence-electron chi connectivity index (χ1n) is 9.57. The quantitative estimate of drug-likeness (QED) is 0.751. The predicted octanol–water partition coefficient (Wildman–Crippen LogP) is 2.64. The zero-order chi connectivity index (χ0) is 21.3. The molecule has 29 heavy (non-hydrogen) atoms. The molecule has 1 fully saturated rings.